The number of hydrogen-bond acceptors (Lipinski definition) is 6. The van der Waals surface area contributed by atoms with E-state index < -0.39 is 36.3 Å². The third-order valence-electron chi connectivity index (χ3n) is 4.60. The molecule has 0 N–H and O–H groups in total. The Bertz CT molecular complexity index is 922. The number of aliphatic imine (C=N–C) groups is 1. The van der Waals surface area contributed by atoms with Gasteiger partial charge in [-0.3, -0.25) is 4.79 Å². The molecule has 28 heavy (non-hydrogen) atoms. The molecule has 2 aromatic carbocycles. The second kappa shape index (κ2) is 7.68. The van der Waals surface area contributed by atoms with Crippen molar-refractivity contribution in [2.24, 2.45) is 4.99 Å². The topological polar surface area (TPSA) is 74.2 Å². The van der Waals surface area contributed by atoms with E-state index in [2.05, 4.69) is 0 Å². The molecule has 4 rings (SSSR count). The highest BCUT2D eigenvalue weighted by Gasteiger charge is 2.45. The smallest absolute Gasteiger partial charge is 0.331 e. The molecule has 0 radical (unpaired) electrons. The number of rotatable bonds is 4. The van der Waals surface area contributed by atoms with Crippen LogP contribution in [-0.4, -0.2) is 36.1 Å². The van der Waals surface area contributed by atoms with E-state index in [1.807, 2.05) is 60.7 Å². The second-order valence-corrected chi connectivity index (χ2v) is 6.57. The van der Waals surface area contributed by atoms with Gasteiger partial charge in [-0.2, -0.15) is 0 Å². The van der Waals surface area contributed by atoms with Crippen LogP contribution in [0.25, 0.3) is 0 Å². The van der Waals surface area contributed by atoms with E-state index in [1.165, 1.54) is 19.1 Å². The highest BCUT2D eigenvalue weighted by molar-refractivity contribution is 5.95. The summed E-state index contributed by atoms with van der Waals surface area (Å²) in [5.74, 6) is -0.491. The number of cyclic esters (lactones) is 1. The predicted molar refractivity (Wildman–Crippen MR) is 102 cm³/mol. The van der Waals surface area contributed by atoms with Crippen molar-refractivity contribution in [3.8, 4) is 0 Å². The SMILES string of the molecule is CC(=O)O[C@H]1C=CC(=O)O[C@H]1[C@H]1N=C(c2ccccc2)O[C@@H]1c1ccccc1. The molecule has 0 saturated carbocycles. The van der Waals surface area contributed by atoms with Crippen LogP contribution in [0.1, 0.15) is 24.2 Å². The van der Waals surface area contributed by atoms with Crippen molar-refractivity contribution in [1.29, 1.82) is 0 Å². The van der Waals surface area contributed by atoms with Crippen molar-refractivity contribution in [3.05, 3.63) is 83.9 Å². The molecule has 0 bridgehead atoms. The number of carbonyl (C=O) groups is 2. The predicted octanol–water partition coefficient (Wildman–Crippen LogP) is 2.99. The molecule has 2 heterocycles. The van der Waals surface area contributed by atoms with E-state index in [9.17, 15) is 9.59 Å². The molecule has 0 spiro atoms. The summed E-state index contributed by atoms with van der Waals surface area (Å²) in [5, 5.41) is 0. The molecule has 0 aliphatic carbocycles. The zero-order valence-corrected chi connectivity index (χ0v) is 15.2. The van der Waals surface area contributed by atoms with Crippen LogP contribution in [0.5, 0.6) is 0 Å². The average Bonchev–Trinajstić information content (AvgIpc) is 3.16. The van der Waals surface area contributed by atoms with E-state index >= 15 is 0 Å². The van der Waals surface area contributed by atoms with Crippen LogP contribution < -0.4 is 0 Å². The van der Waals surface area contributed by atoms with Gasteiger partial charge in [-0.05, 0) is 23.8 Å². The molecule has 0 unspecified atom stereocenters. The summed E-state index contributed by atoms with van der Waals surface area (Å²) in [7, 11) is 0. The molecule has 0 aromatic heterocycles. The Balaban J connectivity index is 1.72. The van der Waals surface area contributed by atoms with Crippen molar-refractivity contribution in [1.82, 2.24) is 0 Å². The first kappa shape index (κ1) is 18.0. The first-order chi connectivity index (χ1) is 13.6. The highest BCUT2D eigenvalue weighted by atomic mass is 16.6. The second-order valence-electron chi connectivity index (χ2n) is 6.57. The lowest BCUT2D eigenvalue weighted by Crippen LogP contribution is -2.45. The summed E-state index contributed by atoms with van der Waals surface area (Å²) in [6, 6.07) is 18.6. The molecule has 2 aromatic rings. The average molecular weight is 377 g/mol. The van der Waals surface area contributed by atoms with Gasteiger partial charge in [0.25, 0.3) is 0 Å². The fourth-order valence-corrected chi connectivity index (χ4v) is 3.39. The van der Waals surface area contributed by atoms with E-state index in [0.717, 1.165) is 11.1 Å². The van der Waals surface area contributed by atoms with Gasteiger partial charge in [0.2, 0.25) is 5.90 Å². The highest BCUT2D eigenvalue weighted by Crippen LogP contribution is 2.36. The molecule has 4 atom stereocenters. The number of benzene rings is 2. The van der Waals surface area contributed by atoms with Crippen LogP contribution in [-0.2, 0) is 23.8 Å². The maximum atomic E-state index is 11.9. The third kappa shape index (κ3) is 3.67. The van der Waals surface area contributed by atoms with Gasteiger partial charge in [0.05, 0.1) is 0 Å². The third-order valence-corrected chi connectivity index (χ3v) is 4.60. The van der Waals surface area contributed by atoms with E-state index in [0.29, 0.717) is 5.90 Å². The van der Waals surface area contributed by atoms with Crippen LogP contribution in [0, 0.1) is 0 Å². The number of esters is 2. The van der Waals surface area contributed by atoms with Gasteiger partial charge in [-0.25, -0.2) is 9.79 Å². The summed E-state index contributed by atoms with van der Waals surface area (Å²) in [6.07, 6.45) is 0.815. The largest absolute Gasteiger partial charge is 0.467 e. The van der Waals surface area contributed by atoms with Crippen molar-refractivity contribution >= 4 is 17.8 Å². The monoisotopic (exact) mass is 377 g/mol. The fraction of sp³-hybridized carbons (Fsp3) is 0.227. The first-order valence-corrected chi connectivity index (χ1v) is 9.02. The van der Waals surface area contributed by atoms with Crippen LogP contribution in [0.15, 0.2) is 77.8 Å². The minimum atomic E-state index is -0.784. The molecular formula is C22H19NO5. The van der Waals surface area contributed by atoms with Crippen LogP contribution >= 0.6 is 0 Å². The van der Waals surface area contributed by atoms with Crippen LogP contribution in [0.2, 0.25) is 0 Å². The first-order valence-electron chi connectivity index (χ1n) is 9.02. The van der Waals surface area contributed by atoms with Gasteiger partial charge in [0, 0.05) is 18.6 Å². The number of hydrogen-bond donors (Lipinski definition) is 0. The van der Waals surface area contributed by atoms with Crippen LogP contribution in [0.3, 0.4) is 0 Å². The molecule has 6 nitrogen and oxygen atoms in total. The van der Waals surface area contributed by atoms with Crippen molar-refractivity contribution in [2.75, 3.05) is 0 Å². The summed E-state index contributed by atoms with van der Waals surface area (Å²) < 4.78 is 17.1. The molecule has 142 valence electrons. The van der Waals surface area contributed by atoms with Crippen molar-refractivity contribution < 1.29 is 23.8 Å². The summed E-state index contributed by atoms with van der Waals surface area (Å²) in [6.45, 7) is 1.32. The number of ether oxygens (including phenoxy) is 3. The lowest BCUT2D eigenvalue weighted by atomic mass is 9.94. The van der Waals surface area contributed by atoms with E-state index in [-0.39, 0.29) is 0 Å². The normalized spacial score (nSPS) is 26.2. The van der Waals surface area contributed by atoms with Crippen molar-refractivity contribution in [3.63, 3.8) is 0 Å². The maximum absolute atomic E-state index is 11.9. The zero-order chi connectivity index (χ0) is 19.5. The quantitative estimate of drug-likeness (QED) is 0.766. The van der Waals surface area contributed by atoms with Gasteiger partial charge in [-0.15, -0.1) is 0 Å². The Morgan fingerprint density at radius 3 is 2.36 bits per heavy atom. The van der Waals surface area contributed by atoms with Gasteiger partial charge in [0.15, 0.2) is 18.3 Å². The maximum Gasteiger partial charge on any atom is 0.331 e. The van der Waals surface area contributed by atoms with E-state index in [4.69, 9.17) is 19.2 Å². The van der Waals surface area contributed by atoms with Gasteiger partial charge in [0.1, 0.15) is 6.04 Å². The van der Waals surface area contributed by atoms with Gasteiger partial charge in [-0.1, -0.05) is 48.5 Å². The molecule has 0 saturated heterocycles. The Hall–Kier alpha value is -3.41. The Morgan fingerprint density at radius 2 is 1.68 bits per heavy atom. The Labute approximate surface area is 162 Å². The lowest BCUT2D eigenvalue weighted by Gasteiger charge is -2.31. The summed E-state index contributed by atoms with van der Waals surface area (Å²) in [5.41, 5.74) is 1.72. The van der Waals surface area contributed by atoms with E-state index in [1.54, 1.807) is 0 Å². The van der Waals surface area contributed by atoms with Gasteiger partial charge < -0.3 is 14.2 Å². The molecule has 2 aliphatic heterocycles. The summed E-state index contributed by atoms with van der Waals surface area (Å²) in [4.78, 5) is 28.2. The lowest BCUT2D eigenvalue weighted by molar-refractivity contribution is -0.165. The van der Waals surface area contributed by atoms with Gasteiger partial charge >= 0.3 is 11.9 Å². The molecule has 2 aliphatic rings. The molecule has 0 fully saturated rings. The number of nitrogens with zero attached hydrogens (tertiary/aromatic N) is 1. The minimum Gasteiger partial charge on any atom is -0.467 e. The molecule has 0 amide bonds. The Morgan fingerprint density at radius 1 is 1.00 bits per heavy atom. The number of carbonyl (C=O) groups excluding carboxylic acids is 2. The standard InChI is InChI=1S/C22H19NO5/c1-14(24)26-17-12-13-18(25)27-21(17)19-20(15-8-4-2-5-9-15)28-22(23-19)16-10-6-3-7-11-16/h2-13,17,19-21H,1H3/t17-,19-,20+,21+/m0/s1. The molecular weight excluding hydrogens is 358 g/mol. The molecule has 6 heteroatoms. The minimum absolute atomic E-state index is 0.458. The van der Waals surface area contributed by atoms with Crippen LogP contribution in [0.4, 0.5) is 0 Å². The van der Waals surface area contributed by atoms with Crippen molar-refractivity contribution in [2.45, 2.75) is 31.3 Å². The zero-order valence-electron chi connectivity index (χ0n) is 15.2. The Kier molecular flexibility index (Phi) is 4.93. The fourth-order valence-electron chi connectivity index (χ4n) is 3.39. The summed E-state index contributed by atoms with van der Waals surface area (Å²) >= 11 is 0.